The van der Waals surface area contributed by atoms with E-state index in [0.29, 0.717) is 5.82 Å². The molecule has 4 N–H and O–H groups in total. The first-order valence-electron chi connectivity index (χ1n) is 5.30. The van der Waals surface area contributed by atoms with Crippen LogP contribution >= 0.6 is 0 Å². The first-order valence-corrected chi connectivity index (χ1v) is 5.30. The van der Waals surface area contributed by atoms with E-state index in [4.69, 9.17) is 11.5 Å². The summed E-state index contributed by atoms with van der Waals surface area (Å²) in [5.41, 5.74) is 12.1. The van der Waals surface area contributed by atoms with Crippen molar-refractivity contribution in [3.8, 4) is 0 Å². The number of nitrogens with zero attached hydrogens (tertiary/aromatic N) is 1. The Morgan fingerprint density at radius 2 is 2.12 bits per heavy atom. The number of hydrogen-bond donors (Lipinski definition) is 2. The molecule has 1 atom stereocenters. The van der Waals surface area contributed by atoms with Gasteiger partial charge in [0.1, 0.15) is 5.82 Å². The number of aromatic nitrogens is 1. The molecule has 1 aromatic heterocycles. The number of nitrogens with two attached hydrogens (primary N) is 2. The van der Waals surface area contributed by atoms with Crippen molar-refractivity contribution in [1.29, 1.82) is 0 Å². The average molecular weight is 221 g/mol. The van der Waals surface area contributed by atoms with Crippen molar-refractivity contribution >= 4 is 11.6 Å². The van der Waals surface area contributed by atoms with E-state index in [1.807, 2.05) is 20.8 Å². The Labute approximate surface area is 96.0 Å². The number of hydrogen-bond acceptors (Lipinski definition) is 4. The van der Waals surface area contributed by atoms with Gasteiger partial charge in [-0.15, -0.1) is 0 Å². The standard InChI is InChI=1S/C12H19N3O/c1-12(2,3)10(13)9(16)7-8-5-4-6-15-11(8)14/h4-6,10H,7,13H2,1-3H3,(H2,14,15). The zero-order valence-electron chi connectivity index (χ0n) is 10.0. The Balaban J connectivity index is 2.76. The fourth-order valence-electron chi connectivity index (χ4n) is 1.38. The number of Topliss-reactive ketones (excluding diaryl/α,β-unsaturated/α-hetero) is 1. The number of nitrogen functional groups attached to an aromatic ring is 1. The molecule has 1 heterocycles. The van der Waals surface area contributed by atoms with Crippen molar-refractivity contribution in [2.45, 2.75) is 33.2 Å². The molecular weight excluding hydrogens is 202 g/mol. The van der Waals surface area contributed by atoms with E-state index in [-0.39, 0.29) is 17.6 Å². The fourth-order valence-corrected chi connectivity index (χ4v) is 1.38. The fraction of sp³-hybridized carbons (Fsp3) is 0.500. The van der Waals surface area contributed by atoms with E-state index in [1.54, 1.807) is 18.3 Å². The van der Waals surface area contributed by atoms with Crippen LogP contribution in [0.15, 0.2) is 18.3 Å². The largest absolute Gasteiger partial charge is 0.383 e. The lowest BCUT2D eigenvalue weighted by atomic mass is 9.83. The van der Waals surface area contributed by atoms with Crippen molar-refractivity contribution in [1.82, 2.24) is 4.98 Å². The molecule has 1 aromatic rings. The maximum absolute atomic E-state index is 11.9. The number of anilines is 1. The predicted octanol–water partition coefficient (Wildman–Crippen LogP) is 1.15. The molecule has 1 unspecified atom stereocenters. The van der Waals surface area contributed by atoms with Crippen molar-refractivity contribution in [3.05, 3.63) is 23.9 Å². The zero-order chi connectivity index (χ0) is 12.3. The van der Waals surface area contributed by atoms with Crippen LogP contribution in [-0.4, -0.2) is 16.8 Å². The van der Waals surface area contributed by atoms with Crippen molar-refractivity contribution in [3.63, 3.8) is 0 Å². The van der Waals surface area contributed by atoms with Gasteiger partial charge in [0, 0.05) is 18.2 Å². The molecule has 0 saturated heterocycles. The summed E-state index contributed by atoms with van der Waals surface area (Å²) in [7, 11) is 0. The molecule has 0 saturated carbocycles. The van der Waals surface area contributed by atoms with E-state index in [1.165, 1.54) is 0 Å². The summed E-state index contributed by atoms with van der Waals surface area (Å²) in [6, 6.07) is 3.09. The summed E-state index contributed by atoms with van der Waals surface area (Å²) in [5, 5.41) is 0. The lowest BCUT2D eigenvalue weighted by Crippen LogP contribution is -2.43. The molecule has 4 nitrogen and oxygen atoms in total. The second-order valence-corrected chi connectivity index (χ2v) is 5.03. The highest BCUT2D eigenvalue weighted by atomic mass is 16.1. The average Bonchev–Trinajstić information content (AvgIpc) is 2.19. The summed E-state index contributed by atoms with van der Waals surface area (Å²) >= 11 is 0. The summed E-state index contributed by atoms with van der Waals surface area (Å²) in [4.78, 5) is 15.8. The van der Waals surface area contributed by atoms with Gasteiger partial charge >= 0.3 is 0 Å². The third kappa shape index (κ3) is 3.03. The molecule has 0 fully saturated rings. The van der Waals surface area contributed by atoms with Gasteiger partial charge in [0.25, 0.3) is 0 Å². The molecule has 0 aliphatic heterocycles. The molecule has 0 aliphatic rings. The lowest BCUT2D eigenvalue weighted by Gasteiger charge is -2.25. The SMILES string of the molecule is CC(C)(C)C(N)C(=O)Cc1cccnc1N. The van der Waals surface area contributed by atoms with Gasteiger partial charge in [0.2, 0.25) is 0 Å². The predicted molar refractivity (Wildman–Crippen MR) is 64.8 cm³/mol. The molecule has 0 amide bonds. The zero-order valence-corrected chi connectivity index (χ0v) is 10.0. The maximum Gasteiger partial charge on any atom is 0.154 e. The Hall–Kier alpha value is -1.42. The monoisotopic (exact) mass is 221 g/mol. The van der Waals surface area contributed by atoms with Gasteiger partial charge in [-0.05, 0) is 11.5 Å². The van der Waals surface area contributed by atoms with E-state index in [2.05, 4.69) is 4.98 Å². The van der Waals surface area contributed by atoms with Gasteiger partial charge in [0.05, 0.1) is 6.04 Å². The van der Waals surface area contributed by atoms with E-state index in [9.17, 15) is 4.79 Å². The van der Waals surface area contributed by atoms with Crippen LogP contribution in [0.5, 0.6) is 0 Å². The molecule has 88 valence electrons. The maximum atomic E-state index is 11.9. The van der Waals surface area contributed by atoms with Gasteiger partial charge in [-0.2, -0.15) is 0 Å². The first kappa shape index (κ1) is 12.6. The number of carbonyl (C=O) groups excluding carboxylic acids is 1. The van der Waals surface area contributed by atoms with Crippen LogP contribution in [0, 0.1) is 5.41 Å². The summed E-state index contributed by atoms with van der Waals surface area (Å²) in [5.74, 6) is 0.393. The second-order valence-electron chi connectivity index (χ2n) is 5.03. The van der Waals surface area contributed by atoms with Gasteiger partial charge in [0.15, 0.2) is 5.78 Å². The summed E-state index contributed by atoms with van der Waals surface area (Å²) in [6.07, 6.45) is 1.85. The number of pyridine rings is 1. The van der Waals surface area contributed by atoms with E-state index < -0.39 is 6.04 Å². The molecule has 1 rings (SSSR count). The Bertz CT molecular complexity index is 382. The van der Waals surface area contributed by atoms with E-state index >= 15 is 0 Å². The topological polar surface area (TPSA) is 82.0 Å². The normalized spacial score (nSPS) is 13.5. The highest BCUT2D eigenvalue weighted by Gasteiger charge is 2.27. The van der Waals surface area contributed by atoms with Crippen LogP contribution in [-0.2, 0) is 11.2 Å². The molecule has 0 aliphatic carbocycles. The van der Waals surface area contributed by atoms with Crippen LogP contribution in [0.1, 0.15) is 26.3 Å². The lowest BCUT2D eigenvalue weighted by molar-refractivity contribution is -0.121. The molecule has 4 heteroatoms. The van der Waals surface area contributed by atoms with Gasteiger partial charge < -0.3 is 11.5 Å². The highest BCUT2D eigenvalue weighted by molar-refractivity contribution is 5.87. The molecule has 0 aromatic carbocycles. The third-order valence-electron chi connectivity index (χ3n) is 2.57. The second kappa shape index (κ2) is 4.61. The quantitative estimate of drug-likeness (QED) is 0.802. The molecular formula is C12H19N3O. The van der Waals surface area contributed by atoms with Gasteiger partial charge in [-0.25, -0.2) is 4.98 Å². The Kier molecular flexibility index (Phi) is 3.65. The van der Waals surface area contributed by atoms with Crippen LogP contribution < -0.4 is 11.5 Å². The van der Waals surface area contributed by atoms with Crippen molar-refractivity contribution < 1.29 is 4.79 Å². The smallest absolute Gasteiger partial charge is 0.154 e. The summed E-state index contributed by atoms with van der Waals surface area (Å²) < 4.78 is 0. The molecule has 16 heavy (non-hydrogen) atoms. The Morgan fingerprint density at radius 1 is 1.50 bits per heavy atom. The molecule has 0 spiro atoms. The highest BCUT2D eigenvalue weighted by Crippen LogP contribution is 2.20. The van der Waals surface area contributed by atoms with E-state index in [0.717, 1.165) is 5.56 Å². The molecule has 0 bridgehead atoms. The number of ketones is 1. The van der Waals surface area contributed by atoms with Crippen LogP contribution in [0.2, 0.25) is 0 Å². The van der Waals surface area contributed by atoms with Crippen molar-refractivity contribution in [2.75, 3.05) is 5.73 Å². The minimum atomic E-state index is -0.480. The van der Waals surface area contributed by atoms with Crippen LogP contribution in [0.25, 0.3) is 0 Å². The summed E-state index contributed by atoms with van der Waals surface area (Å²) in [6.45, 7) is 5.84. The minimum Gasteiger partial charge on any atom is -0.383 e. The first-order chi connectivity index (χ1) is 7.32. The number of rotatable bonds is 3. The van der Waals surface area contributed by atoms with Crippen molar-refractivity contribution in [2.24, 2.45) is 11.1 Å². The third-order valence-corrected chi connectivity index (χ3v) is 2.57. The van der Waals surface area contributed by atoms with Gasteiger partial charge in [-0.1, -0.05) is 26.8 Å². The Morgan fingerprint density at radius 3 is 2.62 bits per heavy atom. The van der Waals surface area contributed by atoms with Crippen LogP contribution in [0.3, 0.4) is 0 Å². The van der Waals surface area contributed by atoms with Crippen LogP contribution in [0.4, 0.5) is 5.82 Å². The van der Waals surface area contributed by atoms with Gasteiger partial charge in [-0.3, -0.25) is 4.79 Å². The minimum absolute atomic E-state index is 0.00722. The number of carbonyl (C=O) groups is 1. The molecule has 0 radical (unpaired) electrons.